The molecule has 1 aliphatic heterocycles. The molecule has 1 fully saturated rings. The smallest absolute Gasteiger partial charge is 0.236 e. The monoisotopic (exact) mass is 298 g/mol. The van der Waals surface area contributed by atoms with Gasteiger partial charge < -0.3 is 10.6 Å². The Hall–Kier alpha value is -0.640. The van der Waals surface area contributed by atoms with Gasteiger partial charge in [0.05, 0.1) is 10.4 Å². The highest BCUT2D eigenvalue weighted by Gasteiger charge is 2.45. The number of rotatable bonds is 6. The first-order valence-corrected chi connectivity index (χ1v) is 8.44. The maximum Gasteiger partial charge on any atom is 0.236 e. The Morgan fingerprint density at radius 2 is 1.65 bits per heavy atom. The summed E-state index contributed by atoms with van der Waals surface area (Å²) in [5.41, 5.74) is 5.40. The average molecular weight is 298 g/mol. The van der Waals surface area contributed by atoms with Gasteiger partial charge in [-0.25, -0.2) is 0 Å². The van der Waals surface area contributed by atoms with Crippen LogP contribution in [0.5, 0.6) is 0 Å². The molecule has 1 rings (SSSR count). The number of hydrogen-bond donors (Lipinski definition) is 1. The van der Waals surface area contributed by atoms with E-state index in [1.54, 1.807) is 0 Å². The van der Waals surface area contributed by atoms with Gasteiger partial charge in [0.25, 0.3) is 0 Å². The van der Waals surface area contributed by atoms with E-state index in [1.165, 1.54) is 6.42 Å². The van der Waals surface area contributed by atoms with E-state index < -0.39 is 5.41 Å². The van der Waals surface area contributed by atoms with E-state index >= 15 is 0 Å². The second-order valence-electron chi connectivity index (χ2n) is 6.29. The number of likely N-dealkylation sites (tertiary alicyclic amines) is 1. The van der Waals surface area contributed by atoms with Gasteiger partial charge in [0.2, 0.25) is 5.91 Å². The highest BCUT2D eigenvalue weighted by molar-refractivity contribution is 7.80. The van der Waals surface area contributed by atoms with Gasteiger partial charge in [0, 0.05) is 12.1 Å². The summed E-state index contributed by atoms with van der Waals surface area (Å²) in [7, 11) is 0. The second-order valence-corrected chi connectivity index (χ2v) is 6.73. The SMILES string of the molecule is CCCC(CCC)(C(=O)N1[C@H](C)CCC[C@@H]1C)C(N)=S. The zero-order valence-electron chi connectivity index (χ0n) is 13.4. The number of amides is 1. The van der Waals surface area contributed by atoms with Gasteiger partial charge in [0.1, 0.15) is 0 Å². The minimum absolute atomic E-state index is 0.174. The van der Waals surface area contributed by atoms with Gasteiger partial charge in [0.15, 0.2) is 0 Å². The Kier molecular flexibility index (Phi) is 6.44. The molecule has 1 amide bonds. The van der Waals surface area contributed by atoms with Gasteiger partial charge in [-0.2, -0.15) is 0 Å². The van der Waals surface area contributed by atoms with E-state index in [1.807, 2.05) is 0 Å². The summed E-state index contributed by atoms with van der Waals surface area (Å²) in [5.74, 6) is 0.174. The Bertz CT molecular complexity index is 340. The topological polar surface area (TPSA) is 46.3 Å². The zero-order chi connectivity index (χ0) is 15.3. The molecule has 2 N–H and O–H groups in total. The summed E-state index contributed by atoms with van der Waals surface area (Å²) >= 11 is 5.31. The maximum atomic E-state index is 13.2. The molecule has 0 unspecified atom stereocenters. The molecule has 3 nitrogen and oxygen atoms in total. The maximum absolute atomic E-state index is 13.2. The first-order valence-electron chi connectivity index (χ1n) is 8.03. The lowest BCUT2D eigenvalue weighted by Crippen LogP contribution is -2.57. The summed E-state index contributed by atoms with van der Waals surface area (Å²) < 4.78 is 0. The fourth-order valence-electron chi connectivity index (χ4n) is 3.61. The highest BCUT2D eigenvalue weighted by atomic mass is 32.1. The lowest BCUT2D eigenvalue weighted by Gasteiger charge is -2.45. The molecule has 0 aromatic rings. The molecule has 2 atom stereocenters. The van der Waals surface area contributed by atoms with E-state index in [0.717, 1.165) is 38.5 Å². The Balaban J connectivity index is 3.11. The van der Waals surface area contributed by atoms with Gasteiger partial charge in [-0.05, 0) is 46.0 Å². The number of nitrogens with zero attached hydrogens (tertiary/aromatic N) is 1. The molecule has 0 aliphatic carbocycles. The van der Waals surface area contributed by atoms with Crippen LogP contribution in [-0.2, 0) is 4.79 Å². The van der Waals surface area contributed by atoms with Crippen molar-refractivity contribution in [2.45, 2.75) is 84.7 Å². The van der Waals surface area contributed by atoms with Crippen molar-refractivity contribution in [1.29, 1.82) is 0 Å². The summed E-state index contributed by atoms with van der Waals surface area (Å²) in [5, 5.41) is 0. The van der Waals surface area contributed by atoms with Crippen LogP contribution in [0, 0.1) is 5.41 Å². The van der Waals surface area contributed by atoms with E-state index in [-0.39, 0.29) is 5.91 Å². The van der Waals surface area contributed by atoms with E-state index in [9.17, 15) is 4.79 Å². The molecule has 0 bridgehead atoms. The lowest BCUT2D eigenvalue weighted by atomic mass is 9.76. The van der Waals surface area contributed by atoms with Gasteiger partial charge in [-0.1, -0.05) is 38.9 Å². The summed E-state index contributed by atoms with van der Waals surface area (Å²) in [6.07, 6.45) is 6.77. The molecule has 0 saturated carbocycles. The molecule has 116 valence electrons. The van der Waals surface area contributed by atoms with Crippen molar-refractivity contribution in [3.63, 3.8) is 0 Å². The summed E-state index contributed by atoms with van der Waals surface area (Å²) in [4.78, 5) is 15.7. The number of carbonyl (C=O) groups is 1. The zero-order valence-corrected chi connectivity index (χ0v) is 14.3. The van der Waals surface area contributed by atoms with Crippen molar-refractivity contribution < 1.29 is 4.79 Å². The highest BCUT2D eigenvalue weighted by Crippen LogP contribution is 2.36. The Morgan fingerprint density at radius 3 is 2.00 bits per heavy atom. The molecule has 0 radical (unpaired) electrons. The standard InChI is InChI=1S/C16H30N2OS/c1-5-10-16(11-6-2,14(17)20)15(19)18-12(3)8-7-9-13(18)4/h12-13H,5-11H2,1-4H3,(H2,17,20)/t12-,13+. The Morgan fingerprint density at radius 1 is 1.20 bits per heavy atom. The van der Waals surface area contributed by atoms with Gasteiger partial charge >= 0.3 is 0 Å². The molecule has 1 aliphatic rings. The predicted molar refractivity (Wildman–Crippen MR) is 88.7 cm³/mol. The predicted octanol–water partition coefficient (Wildman–Crippen LogP) is 3.65. The van der Waals surface area contributed by atoms with Crippen molar-refractivity contribution in [3.05, 3.63) is 0 Å². The number of thiocarbonyl (C=S) groups is 1. The van der Waals surface area contributed by atoms with Crippen LogP contribution in [0.15, 0.2) is 0 Å². The normalized spacial score (nSPS) is 23.7. The number of piperidine rings is 1. The van der Waals surface area contributed by atoms with E-state index in [0.29, 0.717) is 17.1 Å². The van der Waals surface area contributed by atoms with Crippen LogP contribution in [0.25, 0.3) is 0 Å². The number of carbonyl (C=O) groups excluding carboxylic acids is 1. The van der Waals surface area contributed by atoms with E-state index in [4.69, 9.17) is 18.0 Å². The van der Waals surface area contributed by atoms with Crippen molar-refractivity contribution in [2.75, 3.05) is 0 Å². The van der Waals surface area contributed by atoms with Crippen molar-refractivity contribution in [1.82, 2.24) is 4.90 Å². The van der Waals surface area contributed by atoms with Crippen LogP contribution in [-0.4, -0.2) is 27.9 Å². The molecule has 0 aromatic carbocycles. The first-order chi connectivity index (χ1) is 9.40. The fourth-order valence-corrected chi connectivity index (χ4v) is 3.90. The third-order valence-electron chi connectivity index (χ3n) is 4.66. The third-order valence-corrected chi connectivity index (χ3v) is 5.05. The minimum atomic E-state index is -0.626. The van der Waals surface area contributed by atoms with E-state index in [2.05, 4.69) is 32.6 Å². The number of nitrogens with two attached hydrogens (primary N) is 1. The summed E-state index contributed by atoms with van der Waals surface area (Å²) in [6.45, 7) is 8.49. The van der Waals surface area contributed by atoms with Crippen molar-refractivity contribution in [3.8, 4) is 0 Å². The number of hydrogen-bond acceptors (Lipinski definition) is 2. The molecular formula is C16H30N2OS. The van der Waals surface area contributed by atoms with Crippen molar-refractivity contribution >= 4 is 23.1 Å². The molecule has 1 heterocycles. The Labute approximate surface area is 129 Å². The van der Waals surface area contributed by atoms with Crippen LogP contribution in [0.4, 0.5) is 0 Å². The fraction of sp³-hybridized carbons (Fsp3) is 0.875. The lowest BCUT2D eigenvalue weighted by molar-refractivity contribution is -0.145. The first kappa shape index (κ1) is 17.4. The van der Waals surface area contributed by atoms with Crippen LogP contribution < -0.4 is 5.73 Å². The molecule has 0 spiro atoms. The van der Waals surface area contributed by atoms with Gasteiger partial charge in [-0.15, -0.1) is 0 Å². The van der Waals surface area contributed by atoms with Crippen LogP contribution in [0.2, 0.25) is 0 Å². The minimum Gasteiger partial charge on any atom is -0.392 e. The molecule has 4 heteroatoms. The van der Waals surface area contributed by atoms with Crippen LogP contribution >= 0.6 is 12.2 Å². The van der Waals surface area contributed by atoms with Crippen LogP contribution in [0.1, 0.15) is 72.6 Å². The quantitative estimate of drug-likeness (QED) is 0.761. The third kappa shape index (κ3) is 3.33. The summed E-state index contributed by atoms with van der Waals surface area (Å²) in [6, 6.07) is 0.599. The average Bonchev–Trinajstić information content (AvgIpc) is 2.37. The molecular weight excluding hydrogens is 268 g/mol. The largest absolute Gasteiger partial charge is 0.392 e. The molecule has 0 aromatic heterocycles. The van der Waals surface area contributed by atoms with Crippen LogP contribution in [0.3, 0.4) is 0 Å². The molecule has 1 saturated heterocycles. The van der Waals surface area contributed by atoms with Crippen molar-refractivity contribution in [2.24, 2.45) is 11.1 Å². The van der Waals surface area contributed by atoms with Gasteiger partial charge in [-0.3, -0.25) is 4.79 Å². The second kappa shape index (κ2) is 7.39. The molecule has 20 heavy (non-hydrogen) atoms.